The smallest absolute Gasteiger partial charge is 0.225 e. The number of rotatable bonds is 6. The van der Waals surface area contributed by atoms with E-state index in [2.05, 4.69) is 10.3 Å². The van der Waals surface area contributed by atoms with Gasteiger partial charge in [-0.05, 0) is 41.8 Å². The molecule has 0 spiro atoms. The first-order valence-corrected chi connectivity index (χ1v) is 9.17. The Balaban J connectivity index is 1.50. The Hall–Kier alpha value is -2.11. The number of carbonyl (C=O) groups excluding carboxylic acids is 2. The first-order chi connectivity index (χ1) is 12.5. The number of likely N-dealkylation sites (tertiary alicyclic amines) is 1. The van der Waals surface area contributed by atoms with Crippen molar-refractivity contribution in [3.05, 3.63) is 63.9 Å². The first kappa shape index (κ1) is 18.7. The van der Waals surface area contributed by atoms with Gasteiger partial charge in [-0.2, -0.15) is 0 Å². The molecule has 1 unspecified atom stereocenters. The summed E-state index contributed by atoms with van der Waals surface area (Å²) >= 11 is 12.1. The zero-order chi connectivity index (χ0) is 18.5. The second kappa shape index (κ2) is 8.52. The molecule has 7 heteroatoms. The van der Waals surface area contributed by atoms with E-state index in [-0.39, 0.29) is 24.2 Å². The molecule has 0 saturated carbocycles. The molecule has 0 aliphatic carbocycles. The summed E-state index contributed by atoms with van der Waals surface area (Å²) in [5.74, 6) is -0.411. The van der Waals surface area contributed by atoms with Gasteiger partial charge in [0.05, 0.1) is 5.92 Å². The summed E-state index contributed by atoms with van der Waals surface area (Å²) in [4.78, 5) is 30.2. The maximum atomic E-state index is 12.3. The number of nitrogens with one attached hydrogen (secondary N) is 1. The van der Waals surface area contributed by atoms with Crippen LogP contribution in [0, 0.1) is 5.92 Å². The molecule has 1 aliphatic rings. The maximum Gasteiger partial charge on any atom is 0.225 e. The van der Waals surface area contributed by atoms with Crippen LogP contribution in [0.5, 0.6) is 0 Å². The number of nitrogens with zero attached hydrogens (tertiary/aromatic N) is 2. The van der Waals surface area contributed by atoms with Gasteiger partial charge in [0.1, 0.15) is 0 Å². The molecule has 1 aliphatic heterocycles. The van der Waals surface area contributed by atoms with E-state index in [0.29, 0.717) is 36.1 Å². The van der Waals surface area contributed by atoms with Crippen LogP contribution in [0.4, 0.5) is 0 Å². The molecule has 3 rings (SSSR count). The predicted molar refractivity (Wildman–Crippen MR) is 101 cm³/mol. The molecule has 2 heterocycles. The molecule has 1 atom stereocenters. The monoisotopic (exact) mass is 391 g/mol. The summed E-state index contributed by atoms with van der Waals surface area (Å²) < 4.78 is 0. The number of hydrogen-bond acceptors (Lipinski definition) is 3. The highest BCUT2D eigenvalue weighted by atomic mass is 35.5. The molecule has 1 fully saturated rings. The van der Waals surface area contributed by atoms with E-state index in [1.807, 2.05) is 18.2 Å². The van der Waals surface area contributed by atoms with Gasteiger partial charge in [0.15, 0.2) is 0 Å². The van der Waals surface area contributed by atoms with Gasteiger partial charge in [0.2, 0.25) is 11.8 Å². The number of aromatic nitrogens is 1. The fraction of sp³-hybridized carbons (Fsp3) is 0.316. The summed E-state index contributed by atoms with van der Waals surface area (Å²) in [6.45, 7) is 1.41. The summed E-state index contributed by atoms with van der Waals surface area (Å²) in [6, 6.07) is 9.04. The van der Waals surface area contributed by atoms with Crippen LogP contribution < -0.4 is 5.32 Å². The third-order valence-corrected chi connectivity index (χ3v) is 5.05. The average Bonchev–Trinajstić information content (AvgIpc) is 3.01. The zero-order valence-corrected chi connectivity index (χ0v) is 15.6. The molecule has 136 valence electrons. The van der Waals surface area contributed by atoms with Crippen molar-refractivity contribution in [3.63, 3.8) is 0 Å². The Morgan fingerprint density at radius 3 is 2.73 bits per heavy atom. The third-order valence-electron chi connectivity index (χ3n) is 4.47. The number of pyridine rings is 1. The molecule has 1 aromatic carbocycles. The van der Waals surface area contributed by atoms with Crippen molar-refractivity contribution < 1.29 is 9.59 Å². The van der Waals surface area contributed by atoms with Gasteiger partial charge >= 0.3 is 0 Å². The third kappa shape index (κ3) is 4.74. The van der Waals surface area contributed by atoms with Crippen molar-refractivity contribution in [2.24, 2.45) is 5.92 Å². The van der Waals surface area contributed by atoms with Gasteiger partial charge < -0.3 is 10.2 Å². The van der Waals surface area contributed by atoms with Crippen LogP contribution in [0.3, 0.4) is 0 Å². The van der Waals surface area contributed by atoms with E-state index in [1.54, 1.807) is 29.4 Å². The minimum atomic E-state index is -0.315. The predicted octanol–water partition coefficient (Wildman–Crippen LogP) is 3.10. The highest BCUT2D eigenvalue weighted by molar-refractivity contribution is 6.35. The van der Waals surface area contributed by atoms with Gasteiger partial charge in [0.25, 0.3) is 0 Å². The molecule has 5 nitrogen and oxygen atoms in total. The molecule has 0 radical (unpaired) electrons. The summed E-state index contributed by atoms with van der Waals surface area (Å²) in [6.07, 6.45) is 4.25. The van der Waals surface area contributed by atoms with Crippen molar-refractivity contribution in [1.29, 1.82) is 0 Å². The fourth-order valence-electron chi connectivity index (χ4n) is 2.98. The Labute approximate surface area is 162 Å². The minimum Gasteiger partial charge on any atom is -0.352 e. The molecule has 2 amide bonds. The van der Waals surface area contributed by atoms with Gasteiger partial charge in [-0.1, -0.05) is 29.3 Å². The lowest BCUT2D eigenvalue weighted by molar-refractivity contribution is -0.129. The van der Waals surface area contributed by atoms with Crippen LogP contribution in [-0.4, -0.2) is 34.8 Å². The van der Waals surface area contributed by atoms with E-state index >= 15 is 0 Å². The number of amides is 2. The molecule has 0 bridgehead atoms. The molecule has 2 aromatic rings. The lowest BCUT2D eigenvalue weighted by atomic mass is 10.1. The van der Waals surface area contributed by atoms with E-state index in [0.717, 1.165) is 11.1 Å². The standard InChI is InChI=1S/C19H19Cl2N3O2/c20-16-2-1-14(17(21)10-16)5-8-24-12-15(9-18(24)25)19(26)23-11-13-3-6-22-7-4-13/h1-4,6-7,10,15H,5,8-9,11-12H2,(H,23,26). The van der Waals surface area contributed by atoms with Gasteiger partial charge in [-0.3, -0.25) is 14.6 Å². The summed E-state index contributed by atoms with van der Waals surface area (Å²) in [5, 5.41) is 4.07. The molecule has 1 saturated heterocycles. The molecule has 26 heavy (non-hydrogen) atoms. The second-order valence-electron chi connectivity index (χ2n) is 6.30. The molecular formula is C19H19Cl2N3O2. The van der Waals surface area contributed by atoms with Crippen LogP contribution in [0.1, 0.15) is 17.5 Å². The van der Waals surface area contributed by atoms with E-state index in [4.69, 9.17) is 23.2 Å². The average molecular weight is 392 g/mol. The lowest BCUT2D eigenvalue weighted by Gasteiger charge is -2.17. The van der Waals surface area contributed by atoms with Crippen LogP contribution in [0.2, 0.25) is 10.0 Å². The summed E-state index contributed by atoms with van der Waals surface area (Å²) in [7, 11) is 0. The van der Waals surface area contributed by atoms with Crippen molar-refractivity contribution in [3.8, 4) is 0 Å². The number of halogens is 2. The Morgan fingerprint density at radius 2 is 2.00 bits per heavy atom. The van der Waals surface area contributed by atoms with Crippen LogP contribution in [-0.2, 0) is 22.6 Å². The Kier molecular flexibility index (Phi) is 6.12. The van der Waals surface area contributed by atoms with Crippen molar-refractivity contribution in [2.45, 2.75) is 19.4 Å². The highest BCUT2D eigenvalue weighted by Gasteiger charge is 2.33. The molecule has 1 N–H and O–H groups in total. The Bertz CT molecular complexity index is 799. The van der Waals surface area contributed by atoms with Crippen LogP contribution in [0.25, 0.3) is 0 Å². The largest absolute Gasteiger partial charge is 0.352 e. The van der Waals surface area contributed by atoms with Gasteiger partial charge in [0, 0.05) is 48.5 Å². The zero-order valence-electron chi connectivity index (χ0n) is 14.1. The molecular weight excluding hydrogens is 373 g/mol. The second-order valence-corrected chi connectivity index (χ2v) is 7.14. The lowest BCUT2D eigenvalue weighted by Crippen LogP contribution is -2.33. The van der Waals surface area contributed by atoms with Crippen molar-refractivity contribution in [1.82, 2.24) is 15.2 Å². The highest BCUT2D eigenvalue weighted by Crippen LogP contribution is 2.23. The first-order valence-electron chi connectivity index (χ1n) is 8.41. The topological polar surface area (TPSA) is 62.3 Å². The quantitative estimate of drug-likeness (QED) is 0.822. The fourth-order valence-corrected chi connectivity index (χ4v) is 3.48. The van der Waals surface area contributed by atoms with Crippen molar-refractivity contribution in [2.75, 3.05) is 13.1 Å². The number of benzene rings is 1. The van der Waals surface area contributed by atoms with Gasteiger partial charge in [-0.25, -0.2) is 0 Å². The van der Waals surface area contributed by atoms with E-state index in [1.165, 1.54) is 0 Å². The van der Waals surface area contributed by atoms with Crippen LogP contribution in [0.15, 0.2) is 42.7 Å². The molecule has 1 aromatic heterocycles. The van der Waals surface area contributed by atoms with E-state index in [9.17, 15) is 9.59 Å². The van der Waals surface area contributed by atoms with Crippen LogP contribution >= 0.6 is 23.2 Å². The number of hydrogen-bond donors (Lipinski definition) is 1. The van der Waals surface area contributed by atoms with Crippen molar-refractivity contribution >= 4 is 35.0 Å². The normalized spacial score (nSPS) is 16.8. The Morgan fingerprint density at radius 1 is 1.23 bits per heavy atom. The summed E-state index contributed by atoms with van der Waals surface area (Å²) in [5.41, 5.74) is 1.92. The minimum absolute atomic E-state index is 0.000790. The SMILES string of the molecule is O=C(NCc1ccncc1)C1CC(=O)N(CCc2ccc(Cl)cc2Cl)C1. The van der Waals surface area contributed by atoms with E-state index < -0.39 is 0 Å². The maximum absolute atomic E-state index is 12.3. The number of carbonyl (C=O) groups is 2. The van der Waals surface area contributed by atoms with Gasteiger partial charge in [-0.15, -0.1) is 0 Å².